The molecule has 0 unspecified atom stereocenters. The zero-order valence-corrected chi connectivity index (χ0v) is 12.3. The highest BCUT2D eigenvalue weighted by molar-refractivity contribution is 6.30. The monoisotopic (exact) mass is 353 g/mol. The molecule has 1 aromatic heterocycles. The highest BCUT2D eigenvalue weighted by atomic mass is 35.5. The lowest BCUT2D eigenvalue weighted by Gasteiger charge is -2.13. The molecule has 4 nitrogen and oxygen atoms in total. The maximum absolute atomic E-state index is 13.7. The van der Waals surface area contributed by atoms with Gasteiger partial charge in [-0.25, -0.2) is 13.8 Å². The molecule has 0 aliphatic heterocycles. The highest BCUT2D eigenvalue weighted by Gasteiger charge is 2.33. The fourth-order valence-electron chi connectivity index (χ4n) is 1.72. The minimum Gasteiger partial charge on any atom is -0.351 e. The number of alkyl halides is 3. The minimum absolute atomic E-state index is 0.0944. The number of rotatable bonds is 3. The van der Waals surface area contributed by atoms with Gasteiger partial charge in [-0.3, -0.25) is 9.36 Å². The van der Waals surface area contributed by atoms with Gasteiger partial charge in [-0.15, -0.1) is 0 Å². The van der Waals surface area contributed by atoms with E-state index in [1.165, 1.54) is 7.05 Å². The van der Waals surface area contributed by atoms with E-state index in [0.29, 0.717) is 6.07 Å². The Balaban J connectivity index is 2.33. The van der Waals surface area contributed by atoms with Crippen molar-refractivity contribution in [2.75, 3.05) is 5.32 Å². The van der Waals surface area contributed by atoms with Crippen molar-refractivity contribution in [3.63, 3.8) is 0 Å². The molecular weight excluding hydrogens is 345 g/mol. The topological polar surface area (TPSA) is 46.9 Å². The Morgan fingerprint density at radius 3 is 2.57 bits per heavy atom. The number of anilines is 1. The van der Waals surface area contributed by atoms with E-state index in [2.05, 4.69) is 10.3 Å². The van der Waals surface area contributed by atoms with Crippen molar-refractivity contribution in [3.05, 3.63) is 56.5 Å². The summed E-state index contributed by atoms with van der Waals surface area (Å²) in [6.07, 6.45) is -4.80. The number of hydrogen-bond acceptors (Lipinski definition) is 3. The van der Waals surface area contributed by atoms with Crippen molar-refractivity contribution in [3.8, 4) is 0 Å². The first-order chi connectivity index (χ1) is 10.6. The van der Waals surface area contributed by atoms with Crippen LogP contribution in [0.5, 0.6) is 0 Å². The Morgan fingerprint density at radius 1 is 1.30 bits per heavy atom. The lowest BCUT2D eigenvalue weighted by molar-refractivity contribution is -0.141. The molecule has 1 N–H and O–H groups in total. The summed E-state index contributed by atoms with van der Waals surface area (Å²) in [6.45, 7) is -0.340. The molecule has 0 aliphatic carbocycles. The number of halogens is 6. The van der Waals surface area contributed by atoms with Crippen molar-refractivity contribution in [2.24, 2.45) is 7.05 Å². The molecule has 2 rings (SSSR count). The molecule has 10 heteroatoms. The summed E-state index contributed by atoms with van der Waals surface area (Å²) >= 11 is 5.41. The average molecular weight is 354 g/mol. The molecule has 0 fully saturated rings. The number of nitrogens with zero attached hydrogens (tertiary/aromatic N) is 2. The second-order valence-corrected chi connectivity index (χ2v) is 4.93. The molecule has 1 heterocycles. The number of hydrogen-bond donors (Lipinski definition) is 1. The summed E-state index contributed by atoms with van der Waals surface area (Å²) in [6, 6.07) is 2.34. The predicted molar refractivity (Wildman–Crippen MR) is 73.2 cm³/mol. The smallest absolute Gasteiger partial charge is 0.351 e. The normalized spacial score (nSPS) is 11.6. The molecule has 0 atom stereocenters. The molecule has 0 saturated carbocycles. The van der Waals surface area contributed by atoms with Crippen LogP contribution in [-0.2, 0) is 19.8 Å². The first-order valence-corrected chi connectivity index (χ1v) is 6.50. The van der Waals surface area contributed by atoms with Gasteiger partial charge in [0.05, 0.1) is 0 Å². The molecular formula is C13H9ClF5N3O. The number of aromatic nitrogens is 2. The van der Waals surface area contributed by atoms with E-state index >= 15 is 0 Å². The standard InChI is InChI=1S/C13H9ClF5N3O/c1-22-9(23)4-8(13(17,18)19)21-12(22)20-5-6-2-3-7(15)10(14)11(6)16/h2-4H,5H2,1H3,(H,20,21). The first kappa shape index (κ1) is 17.2. The summed E-state index contributed by atoms with van der Waals surface area (Å²) < 4.78 is 65.6. The van der Waals surface area contributed by atoms with Crippen LogP contribution in [0.2, 0.25) is 5.02 Å². The van der Waals surface area contributed by atoms with E-state index in [0.717, 1.165) is 16.7 Å². The van der Waals surface area contributed by atoms with Crippen LogP contribution in [0.4, 0.5) is 27.9 Å². The van der Waals surface area contributed by atoms with Crippen LogP contribution >= 0.6 is 11.6 Å². The second-order valence-electron chi connectivity index (χ2n) is 4.55. The van der Waals surface area contributed by atoms with E-state index in [9.17, 15) is 26.7 Å². The lowest BCUT2D eigenvalue weighted by Crippen LogP contribution is -2.25. The zero-order chi connectivity index (χ0) is 17.4. The third kappa shape index (κ3) is 3.61. The molecule has 2 aromatic rings. The quantitative estimate of drug-likeness (QED) is 0.680. The van der Waals surface area contributed by atoms with Crippen molar-refractivity contribution >= 4 is 17.5 Å². The summed E-state index contributed by atoms with van der Waals surface area (Å²) in [5, 5.41) is 1.67. The molecule has 23 heavy (non-hydrogen) atoms. The fraction of sp³-hybridized carbons (Fsp3) is 0.231. The fourth-order valence-corrected chi connectivity index (χ4v) is 1.90. The Bertz CT molecular complexity index is 803. The maximum Gasteiger partial charge on any atom is 0.433 e. The van der Waals surface area contributed by atoms with Crippen LogP contribution in [0.3, 0.4) is 0 Å². The van der Waals surface area contributed by atoms with Crippen LogP contribution in [0.25, 0.3) is 0 Å². The molecule has 0 spiro atoms. The van der Waals surface area contributed by atoms with Crippen molar-refractivity contribution in [2.45, 2.75) is 12.7 Å². The third-order valence-electron chi connectivity index (χ3n) is 2.98. The third-order valence-corrected chi connectivity index (χ3v) is 3.32. The van der Waals surface area contributed by atoms with Crippen LogP contribution in [0, 0.1) is 11.6 Å². The van der Waals surface area contributed by atoms with Gasteiger partial charge in [-0.05, 0) is 6.07 Å². The summed E-state index contributed by atoms with van der Waals surface area (Å²) in [5.74, 6) is -2.42. The minimum atomic E-state index is -4.80. The molecule has 0 saturated heterocycles. The van der Waals surface area contributed by atoms with Gasteiger partial charge in [-0.2, -0.15) is 13.2 Å². The predicted octanol–water partition coefficient (Wildman–Crippen LogP) is 3.34. The van der Waals surface area contributed by atoms with Gasteiger partial charge in [0.2, 0.25) is 5.95 Å². The van der Waals surface area contributed by atoms with Crippen LogP contribution in [-0.4, -0.2) is 9.55 Å². The summed E-state index contributed by atoms with van der Waals surface area (Å²) in [5.41, 5.74) is -2.41. The second kappa shape index (κ2) is 6.15. The van der Waals surface area contributed by atoms with E-state index in [1.54, 1.807) is 0 Å². The van der Waals surface area contributed by atoms with Crippen LogP contribution in [0.15, 0.2) is 23.0 Å². The largest absolute Gasteiger partial charge is 0.433 e. The molecule has 0 aliphatic rings. The molecule has 1 aromatic carbocycles. The van der Waals surface area contributed by atoms with Gasteiger partial charge >= 0.3 is 6.18 Å². The number of nitrogens with one attached hydrogen (secondary N) is 1. The van der Waals surface area contributed by atoms with Crippen molar-refractivity contribution in [1.29, 1.82) is 0 Å². The Hall–Kier alpha value is -2.16. The molecule has 0 amide bonds. The van der Waals surface area contributed by atoms with Crippen LogP contribution in [0.1, 0.15) is 11.3 Å². The van der Waals surface area contributed by atoms with Gasteiger partial charge < -0.3 is 5.32 Å². The summed E-state index contributed by atoms with van der Waals surface area (Å²) in [7, 11) is 1.20. The number of benzene rings is 1. The molecule has 0 radical (unpaired) electrons. The van der Waals surface area contributed by atoms with Gasteiger partial charge in [0.25, 0.3) is 5.56 Å². The SMILES string of the molecule is Cn1c(NCc2ccc(F)c(Cl)c2F)nc(C(F)(F)F)cc1=O. The van der Waals surface area contributed by atoms with Crippen LogP contribution < -0.4 is 10.9 Å². The average Bonchev–Trinajstić information content (AvgIpc) is 2.46. The van der Waals surface area contributed by atoms with E-state index in [1.807, 2.05) is 0 Å². The Labute approximate surface area is 131 Å². The highest BCUT2D eigenvalue weighted by Crippen LogP contribution is 2.27. The first-order valence-electron chi connectivity index (χ1n) is 6.12. The zero-order valence-electron chi connectivity index (χ0n) is 11.5. The Morgan fingerprint density at radius 2 is 1.96 bits per heavy atom. The van der Waals surface area contributed by atoms with Crippen molar-refractivity contribution < 1.29 is 22.0 Å². The molecule has 0 bridgehead atoms. The van der Waals surface area contributed by atoms with E-state index < -0.39 is 40.0 Å². The van der Waals surface area contributed by atoms with Crippen molar-refractivity contribution in [1.82, 2.24) is 9.55 Å². The van der Waals surface area contributed by atoms with Gasteiger partial charge in [0.1, 0.15) is 16.7 Å². The Kier molecular flexibility index (Phi) is 4.60. The molecule has 124 valence electrons. The van der Waals surface area contributed by atoms with Gasteiger partial charge in [-0.1, -0.05) is 17.7 Å². The lowest BCUT2D eigenvalue weighted by atomic mass is 10.2. The van der Waals surface area contributed by atoms with Gasteiger partial charge in [0, 0.05) is 25.2 Å². The summed E-state index contributed by atoms with van der Waals surface area (Å²) in [4.78, 5) is 14.8. The van der Waals surface area contributed by atoms with E-state index in [-0.39, 0.29) is 12.1 Å². The van der Waals surface area contributed by atoms with Gasteiger partial charge in [0.15, 0.2) is 5.69 Å². The van der Waals surface area contributed by atoms with E-state index in [4.69, 9.17) is 11.6 Å². The maximum atomic E-state index is 13.7.